The first-order valence-corrected chi connectivity index (χ1v) is 0.651. The summed E-state index contributed by atoms with van der Waals surface area (Å²) in [5.41, 5.74) is 0. The molecule has 0 aromatic heterocycles. The molecule has 0 aliphatic carbocycles. The largest absolute Gasteiger partial charge is 1.00 e. The van der Waals surface area contributed by atoms with Gasteiger partial charge in [0.05, 0.1) is 0 Å². The van der Waals surface area contributed by atoms with Crippen molar-refractivity contribution in [2.75, 3.05) is 0 Å². The van der Waals surface area contributed by atoms with Crippen LogP contribution in [-0.2, 0) is 0 Å². The minimum absolute atomic E-state index is 0. The van der Waals surface area contributed by atoms with E-state index in [1.54, 1.807) is 0 Å². The third-order valence-corrected chi connectivity index (χ3v) is 0. The molecular weight excluding hydrogens is 142 g/mol. The summed E-state index contributed by atoms with van der Waals surface area (Å²) in [6, 6.07) is 0. The van der Waals surface area contributed by atoms with Gasteiger partial charge in [0, 0.05) is 0 Å². The van der Waals surface area contributed by atoms with Crippen molar-refractivity contribution in [3.05, 3.63) is 0 Å². The smallest absolute Gasteiger partial charge is 1.00 e. The van der Waals surface area contributed by atoms with E-state index in [9.17, 15) is 0 Å². The van der Waals surface area contributed by atoms with Gasteiger partial charge < -0.3 is 17.1 Å². The Hall–Kier alpha value is 1.40. The first-order valence-electron chi connectivity index (χ1n) is 0.651. The predicted molar refractivity (Wildman–Crippen MR) is 25.3 cm³/mol. The second-order valence-electron chi connectivity index (χ2n) is 0.283. The fraction of sp³-hybridized carbons (Fsp3) is 0. The van der Waals surface area contributed by atoms with Crippen LogP contribution in [0.1, 0.15) is 1.43 Å². The van der Waals surface area contributed by atoms with E-state index in [0.29, 0.717) is 0 Å². The van der Waals surface area contributed by atoms with Crippen molar-refractivity contribution in [2.24, 2.45) is 0 Å². The number of rotatable bonds is 0. The summed E-state index contributed by atoms with van der Waals surface area (Å²) in [6.07, 6.45) is -1.83. The van der Waals surface area contributed by atoms with Crippen molar-refractivity contribution in [1.29, 1.82) is 0 Å². The van der Waals surface area contributed by atoms with E-state index in [1.807, 2.05) is 0 Å². The Kier molecular flexibility index (Phi) is 53.1. The van der Waals surface area contributed by atoms with Crippen LogP contribution in [0.5, 0.6) is 0 Å². The summed E-state index contributed by atoms with van der Waals surface area (Å²) in [5.74, 6) is 0. The van der Waals surface area contributed by atoms with E-state index in [2.05, 4.69) is 0 Å². The molecule has 0 aliphatic heterocycles. The summed E-state index contributed by atoms with van der Waals surface area (Å²) < 4.78 is 0. The van der Waals surface area contributed by atoms with Crippen LogP contribution in [-0.4, -0.2) is 39.2 Å². The van der Waals surface area contributed by atoms with Crippen molar-refractivity contribution in [3.63, 3.8) is 0 Å². The average molecular weight is 150 g/mol. The molecule has 6 heteroatoms. The molecule has 0 unspecified atom stereocenters. The summed E-state index contributed by atoms with van der Waals surface area (Å²) in [5, 5.41) is 13.9. The van der Waals surface area contributed by atoms with Crippen LogP contribution in [0.2, 0.25) is 0 Å². The third-order valence-electron chi connectivity index (χ3n) is 0. The maximum atomic E-state index is 8.56. The third kappa shape index (κ3) is 110. The minimum atomic E-state index is -1.83. The van der Waals surface area contributed by atoms with E-state index in [1.165, 1.54) is 0 Å². The Labute approximate surface area is 95.3 Å². The van der Waals surface area contributed by atoms with E-state index in [-0.39, 0.29) is 75.6 Å². The molecule has 0 saturated carbocycles. The number of hydrogen-bond donors (Lipinski definition) is 2. The van der Waals surface area contributed by atoms with Gasteiger partial charge in [-0.2, -0.15) is 0 Å². The molecule has 0 spiro atoms. The van der Waals surface area contributed by atoms with Crippen LogP contribution in [0.15, 0.2) is 0 Å². The van der Waals surface area contributed by atoms with Crippen molar-refractivity contribution in [2.45, 2.75) is 0 Å². The molecule has 0 heterocycles. The zero-order valence-electron chi connectivity index (χ0n) is 4.30. The molecule has 40 valence electrons. The zero-order valence-corrected chi connectivity index (χ0v) is 6.43. The Balaban J connectivity index is -0.00000000750. The zero-order chi connectivity index (χ0) is 3.58. The van der Waals surface area contributed by atoms with Gasteiger partial charge in [-0.1, -0.05) is 0 Å². The normalized spacial score (nSPS) is 3.43. The van der Waals surface area contributed by atoms with Crippen molar-refractivity contribution in [1.82, 2.24) is 0 Å². The Morgan fingerprint density at radius 1 is 1.43 bits per heavy atom. The van der Waals surface area contributed by atoms with Gasteiger partial charge in [-0.3, -0.25) is 0 Å². The summed E-state index contributed by atoms with van der Waals surface area (Å²) in [6.45, 7) is 0. The molecule has 4 N–H and O–H groups in total. The fourth-order valence-corrected chi connectivity index (χ4v) is 0. The van der Waals surface area contributed by atoms with Crippen LogP contribution >= 0.6 is 0 Å². The second-order valence-corrected chi connectivity index (χ2v) is 0.283. The van der Waals surface area contributed by atoms with Crippen molar-refractivity contribution < 1.29 is 73.3 Å². The fourth-order valence-electron chi connectivity index (χ4n) is 0. The molecule has 0 fully saturated rings. The Bertz CT molecular complexity index is 39.0. The molecule has 0 aromatic carbocycles. The second kappa shape index (κ2) is 15.7. The minimum Gasteiger partial charge on any atom is -1.00 e. The molecule has 0 saturated heterocycles. The van der Waals surface area contributed by atoms with E-state index >= 15 is 0 Å². The van der Waals surface area contributed by atoms with Gasteiger partial charge >= 0.3 is 57.5 Å². The summed E-state index contributed by atoms with van der Waals surface area (Å²) >= 11 is 0. The maximum Gasteiger partial charge on any atom is 1.00 e. The molecule has 0 amide bonds. The van der Waals surface area contributed by atoms with Gasteiger partial charge in [0.2, 0.25) is 0 Å². The first-order chi connectivity index (χ1) is 1.73. The van der Waals surface area contributed by atoms with Gasteiger partial charge in [0.25, 0.3) is 0 Å². The van der Waals surface area contributed by atoms with Gasteiger partial charge in [0.1, 0.15) is 0 Å². The molecule has 0 radical (unpaired) electrons. The molecule has 4 nitrogen and oxygen atoms in total. The van der Waals surface area contributed by atoms with Crippen LogP contribution in [0.25, 0.3) is 0 Å². The molecule has 0 atom stereocenters. The van der Waals surface area contributed by atoms with Gasteiger partial charge in [-0.05, 0) is 0 Å². The number of carboxylic acid groups (broad SMARTS) is 2. The summed E-state index contributed by atoms with van der Waals surface area (Å²) in [7, 11) is 0. The van der Waals surface area contributed by atoms with Crippen LogP contribution in [0.3, 0.4) is 0 Å². The van der Waals surface area contributed by atoms with Crippen molar-refractivity contribution in [3.8, 4) is 0 Å². The van der Waals surface area contributed by atoms with E-state index in [0.717, 1.165) is 0 Å². The van der Waals surface area contributed by atoms with Gasteiger partial charge in [0.15, 0.2) is 17.4 Å². The molecule has 0 rings (SSSR count). The molecule has 7 heavy (non-hydrogen) atoms. The maximum absolute atomic E-state index is 8.56. The molecule has 0 bridgehead atoms. The van der Waals surface area contributed by atoms with Crippen LogP contribution in [0, 0.1) is 0 Å². The monoisotopic (exact) mass is 150 g/mol. The standard InChI is InChI=1S/CH2O3.Al.K.H2O.4H/c2-1(3)4;;;;;;;/h(H2,2,3,4);;;1H2;;;;/q;;+1;;;;;-1. The van der Waals surface area contributed by atoms with Crippen molar-refractivity contribution >= 4 is 23.5 Å². The first kappa shape index (κ1) is 23.8. The molecule has 0 aliphatic rings. The topological polar surface area (TPSA) is 89.0 Å². The van der Waals surface area contributed by atoms with Gasteiger partial charge in [-0.15, -0.1) is 0 Å². The predicted octanol–water partition coefficient (Wildman–Crippen LogP) is -4.67. The number of carbonyl (C=O) groups is 1. The average Bonchev–Trinajstić information content (AvgIpc) is 0.811. The molecule has 0 aromatic rings. The SMILES string of the molecule is O.O=C(O)O.[AlH3].[H-].[K+]. The summed E-state index contributed by atoms with van der Waals surface area (Å²) in [4.78, 5) is 8.56. The van der Waals surface area contributed by atoms with Crippen LogP contribution < -0.4 is 51.4 Å². The quantitative estimate of drug-likeness (QED) is 0.340. The van der Waals surface area contributed by atoms with E-state index < -0.39 is 6.16 Å². The van der Waals surface area contributed by atoms with E-state index in [4.69, 9.17) is 15.0 Å². The van der Waals surface area contributed by atoms with Gasteiger partial charge in [-0.25, -0.2) is 4.79 Å². The number of hydrogen-bond acceptors (Lipinski definition) is 1. The Morgan fingerprint density at radius 2 is 1.43 bits per heavy atom. The Morgan fingerprint density at radius 3 is 1.43 bits per heavy atom. The van der Waals surface area contributed by atoms with Crippen LogP contribution in [0.4, 0.5) is 4.79 Å². The molecular formula is CH8AlKO4.